The van der Waals surface area contributed by atoms with E-state index in [2.05, 4.69) is 5.32 Å². The molecule has 0 aliphatic rings. The standard InChI is InChI=1S/C15H22N2O3/c1-12(18)17-14(9-5-6-10-16)15(19)20-11-13-7-3-2-4-8-13/h2-4,7-8,14H,5-6,9-11,16H2,1H3,(H,17,18). The van der Waals surface area contributed by atoms with Crippen molar-refractivity contribution in [2.45, 2.75) is 38.8 Å². The van der Waals surface area contributed by atoms with Crippen LogP contribution in [0.25, 0.3) is 0 Å². The molecular weight excluding hydrogens is 256 g/mol. The summed E-state index contributed by atoms with van der Waals surface area (Å²) in [4.78, 5) is 23.1. The Morgan fingerprint density at radius 1 is 1.25 bits per heavy atom. The summed E-state index contributed by atoms with van der Waals surface area (Å²) < 4.78 is 5.24. The number of unbranched alkanes of at least 4 members (excludes halogenated alkanes) is 1. The third-order valence-electron chi connectivity index (χ3n) is 2.83. The lowest BCUT2D eigenvalue weighted by molar-refractivity contribution is -0.149. The van der Waals surface area contributed by atoms with Crippen LogP contribution in [0, 0.1) is 0 Å². The third-order valence-corrected chi connectivity index (χ3v) is 2.83. The van der Waals surface area contributed by atoms with Gasteiger partial charge in [0.25, 0.3) is 0 Å². The van der Waals surface area contributed by atoms with E-state index in [1.54, 1.807) is 0 Å². The molecule has 1 unspecified atom stereocenters. The first kappa shape index (κ1) is 16.2. The van der Waals surface area contributed by atoms with Crippen LogP contribution in [0.2, 0.25) is 0 Å². The number of rotatable bonds is 8. The molecule has 1 aromatic rings. The van der Waals surface area contributed by atoms with Gasteiger partial charge in [-0.1, -0.05) is 30.3 Å². The number of carbonyl (C=O) groups is 2. The molecule has 1 rings (SSSR count). The Kier molecular flexibility index (Phi) is 7.35. The molecular formula is C15H22N2O3. The quantitative estimate of drug-likeness (QED) is 0.556. The van der Waals surface area contributed by atoms with E-state index in [1.807, 2.05) is 30.3 Å². The van der Waals surface area contributed by atoms with Crippen LogP contribution in [-0.2, 0) is 20.9 Å². The topological polar surface area (TPSA) is 81.4 Å². The summed E-state index contributed by atoms with van der Waals surface area (Å²) in [6.45, 7) is 2.18. The Labute approximate surface area is 119 Å². The summed E-state index contributed by atoms with van der Waals surface area (Å²) in [7, 11) is 0. The molecule has 0 fully saturated rings. The first-order valence-corrected chi connectivity index (χ1v) is 6.81. The molecule has 110 valence electrons. The molecule has 1 atom stereocenters. The first-order valence-electron chi connectivity index (χ1n) is 6.81. The fourth-order valence-corrected chi connectivity index (χ4v) is 1.82. The van der Waals surface area contributed by atoms with Crippen LogP contribution < -0.4 is 11.1 Å². The Morgan fingerprint density at radius 2 is 1.95 bits per heavy atom. The lowest BCUT2D eigenvalue weighted by atomic mass is 10.1. The lowest BCUT2D eigenvalue weighted by Crippen LogP contribution is -2.40. The van der Waals surface area contributed by atoms with Gasteiger partial charge in [0.05, 0.1) is 0 Å². The number of nitrogens with one attached hydrogen (secondary N) is 1. The van der Waals surface area contributed by atoms with E-state index in [4.69, 9.17) is 10.5 Å². The van der Waals surface area contributed by atoms with Crippen molar-refractivity contribution in [3.63, 3.8) is 0 Å². The van der Waals surface area contributed by atoms with Crippen LogP contribution in [0.1, 0.15) is 31.7 Å². The van der Waals surface area contributed by atoms with Crippen molar-refractivity contribution in [1.82, 2.24) is 5.32 Å². The van der Waals surface area contributed by atoms with Gasteiger partial charge >= 0.3 is 5.97 Å². The second-order valence-corrected chi connectivity index (χ2v) is 4.63. The highest BCUT2D eigenvalue weighted by Gasteiger charge is 2.20. The average Bonchev–Trinajstić information content (AvgIpc) is 2.44. The monoisotopic (exact) mass is 278 g/mol. The molecule has 0 saturated heterocycles. The highest BCUT2D eigenvalue weighted by atomic mass is 16.5. The van der Waals surface area contributed by atoms with Gasteiger partial charge in [-0.05, 0) is 31.4 Å². The minimum Gasteiger partial charge on any atom is -0.459 e. The van der Waals surface area contributed by atoms with Gasteiger partial charge in [0.15, 0.2) is 0 Å². The SMILES string of the molecule is CC(=O)NC(CCCCN)C(=O)OCc1ccccc1. The minimum absolute atomic E-state index is 0.215. The molecule has 0 radical (unpaired) electrons. The Morgan fingerprint density at radius 3 is 2.55 bits per heavy atom. The molecule has 0 aliphatic carbocycles. The van der Waals surface area contributed by atoms with E-state index >= 15 is 0 Å². The van der Waals surface area contributed by atoms with Gasteiger partial charge in [0.2, 0.25) is 5.91 Å². The fourth-order valence-electron chi connectivity index (χ4n) is 1.82. The van der Waals surface area contributed by atoms with E-state index in [9.17, 15) is 9.59 Å². The first-order chi connectivity index (χ1) is 9.63. The van der Waals surface area contributed by atoms with Crippen LogP contribution in [0.4, 0.5) is 0 Å². The average molecular weight is 278 g/mol. The van der Waals surface area contributed by atoms with Crippen LogP contribution in [0.15, 0.2) is 30.3 Å². The molecule has 0 aliphatic heterocycles. The molecule has 0 saturated carbocycles. The molecule has 1 aromatic carbocycles. The zero-order valence-corrected chi connectivity index (χ0v) is 11.8. The van der Waals surface area contributed by atoms with E-state index < -0.39 is 12.0 Å². The number of hydrogen-bond acceptors (Lipinski definition) is 4. The molecule has 1 amide bonds. The largest absolute Gasteiger partial charge is 0.459 e. The second-order valence-electron chi connectivity index (χ2n) is 4.63. The van der Waals surface area contributed by atoms with Crippen LogP contribution in [-0.4, -0.2) is 24.5 Å². The van der Waals surface area contributed by atoms with Crippen molar-refractivity contribution in [3.05, 3.63) is 35.9 Å². The summed E-state index contributed by atoms with van der Waals surface area (Å²) in [5.74, 6) is -0.638. The third kappa shape index (κ3) is 6.33. The van der Waals surface area contributed by atoms with E-state index in [1.165, 1.54) is 6.92 Å². The molecule has 0 aromatic heterocycles. The molecule has 0 heterocycles. The summed E-state index contributed by atoms with van der Waals surface area (Å²) in [6, 6.07) is 8.84. The maximum absolute atomic E-state index is 12.0. The van der Waals surface area contributed by atoms with Crippen molar-refractivity contribution in [3.8, 4) is 0 Å². The van der Waals surface area contributed by atoms with Gasteiger partial charge in [-0.2, -0.15) is 0 Å². The van der Waals surface area contributed by atoms with Crippen LogP contribution in [0.5, 0.6) is 0 Å². The smallest absolute Gasteiger partial charge is 0.328 e. The summed E-state index contributed by atoms with van der Waals surface area (Å²) in [6.07, 6.45) is 2.15. The lowest BCUT2D eigenvalue weighted by Gasteiger charge is -2.16. The number of amides is 1. The second kappa shape index (κ2) is 9.09. The van der Waals surface area contributed by atoms with E-state index in [0.29, 0.717) is 13.0 Å². The molecule has 5 heteroatoms. The predicted molar refractivity (Wildman–Crippen MR) is 76.7 cm³/mol. The summed E-state index contributed by atoms with van der Waals surface area (Å²) in [5, 5.41) is 2.62. The van der Waals surface area contributed by atoms with Crippen molar-refractivity contribution in [2.75, 3.05) is 6.54 Å². The Bertz CT molecular complexity index is 420. The fraction of sp³-hybridized carbons (Fsp3) is 0.467. The minimum atomic E-state index is -0.595. The maximum Gasteiger partial charge on any atom is 0.328 e. The van der Waals surface area contributed by atoms with E-state index in [-0.39, 0.29) is 12.5 Å². The number of nitrogens with two attached hydrogens (primary N) is 1. The zero-order chi connectivity index (χ0) is 14.8. The van der Waals surface area contributed by atoms with Crippen molar-refractivity contribution >= 4 is 11.9 Å². The Balaban J connectivity index is 2.47. The van der Waals surface area contributed by atoms with Crippen molar-refractivity contribution < 1.29 is 14.3 Å². The number of hydrogen-bond donors (Lipinski definition) is 2. The maximum atomic E-state index is 12.0. The zero-order valence-electron chi connectivity index (χ0n) is 11.8. The van der Waals surface area contributed by atoms with E-state index in [0.717, 1.165) is 18.4 Å². The Hall–Kier alpha value is -1.88. The van der Waals surface area contributed by atoms with Gasteiger partial charge in [0.1, 0.15) is 12.6 Å². The van der Waals surface area contributed by atoms with Crippen molar-refractivity contribution in [2.24, 2.45) is 5.73 Å². The normalized spacial score (nSPS) is 11.7. The molecule has 0 spiro atoms. The molecule has 0 bridgehead atoms. The molecule has 20 heavy (non-hydrogen) atoms. The number of esters is 1. The van der Waals surface area contributed by atoms with Gasteiger partial charge in [-0.15, -0.1) is 0 Å². The highest BCUT2D eigenvalue weighted by molar-refractivity contribution is 5.83. The predicted octanol–water partition coefficient (Wildman–Crippen LogP) is 1.36. The van der Waals surface area contributed by atoms with Crippen LogP contribution in [0.3, 0.4) is 0 Å². The van der Waals surface area contributed by atoms with Crippen molar-refractivity contribution in [1.29, 1.82) is 0 Å². The molecule has 5 nitrogen and oxygen atoms in total. The number of ether oxygens (including phenoxy) is 1. The van der Waals surface area contributed by atoms with Gasteiger partial charge < -0.3 is 15.8 Å². The number of benzene rings is 1. The van der Waals surface area contributed by atoms with Gasteiger partial charge in [-0.3, -0.25) is 4.79 Å². The highest BCUT2D eigenvalue weighted by Crippen LogP contribution is 2.06. The summed E-state index contributed by atoms with van der Waals surface area (Å²) in [5.41, 5.74) is 6.34. The van der Waals surface area contributed by atoms with Crippen LogP contribution >= 0.6 is 0 Å². The summed E-state index contributed by atoms with van der Waals surface area (Å²) >= 11 is 0. The number of carbonyl (C=O) groups excluding carboxylic acids is 2. The van der Waals surface area contributed by atoms with Gasteiger partial charge in [0, 0.05) is 6.92 Å². The molecule has 3 N–H and O–H groups in total. The van der Waals surface area contributed by atoms with Gasteiger partial charge in [-0.25, -0.2) is 4.79 Å².